The van der Waals surface area contributed by atoms with Gasteiger partial charge in [0.1, 0.15) is 11.6 Å². The first-order chi connectivity index (χ1) is 11.9. The molecule has 0 heterocycles. The number of hydrogen-bond acceptors (Lipinski definition) is 4. The summed E-state index contributed by atoms with van der Waals surface area (Å²) < 4.78 is 18.9. The molecule has 0 aliphatic carbocycles. The minimum absolute atomic E-state index is 0.209. The second-order valence-corrected chi connectivity index (χ2v) is 6.06. The van der Waals surface area contributed by atoms with Crippen LogP contribution in [0, 0.1) is 5.82 Å². The number of hydrogen-bond donors (Lipinski definition) is 2. The number of rotatable bonds is 7. The molecule has 1 amide bonds. The first-order valence-electron chi connectivity index (χ1n) is 7.92. The fraction of sp³-hybridized carbons (Fsp3) is 0.316. The van der Waals surface area contributed by atoms with Crippen LogP contribution in [0.25, 0.3) is 0 Å². The molecule has 0 aliphatic rings. The van der Waals surface area contributed by atoms with Crippen LogP contribution >= 0.6 is 0 Å². The van der Waals surface area contributed by atoms with Gasteiger partial charge in [-0.2, -0.15) is 0 Å². The van der Waals surface area contributed by atoms with E-state index in [2.05, 4.69) is 5.32 Å². The Morgan fingerprint density at radius 1 is 1.28 bits per heavy atom. The van der Waals surface area contributed by atoms with Gasteiger partial charge in [-0.25, -0.2) is 4.39 Å². The van der Waals surface area contributed by atoms with Crippen LogP contribution in [-0.4, -0.2) is 37.1 Å². The zero-order valence-corrected chi connectivity index (χ0v) is 14.6. The molecule has 0 aliphatic heterocycles. The molecule has 134 valence electrons. The summed E-state index contributed by atoms with van der Waals surface area (Å²) in [6.07, 6.45) is -1.29. The third kappa shape index (κ3) is 5.27. The summed E-state index contributed by atoms with van der Waals surface area (Å²) in [7, 11) is 5.24. The van der Waals surface area contributed by atoms with Crippen LogP contribution in [-0.2, 0) is 17.9 Å². The average Bonchev–Trinajstić information content (AvgIpc) is 2.61. The predicted octanol–water partition coefficient (Wildman–Crippen LogP) is 2.25. The summed E-state index contributed by atoms with van der Waals surface area (Å²) in [5.74, 6) is -0.233. The monoisotopic (exact) mass is 346 g/mol. The molecule has 0 radical (unpaired) electrons. The molecule has 0 spiro atoms. The summed E-state index contributed by atoms with van der Waals surface area (Å²) in [4.78, 5) is 14.0. The Labute approximate surface area is 147 Å². The van der Waals surface area contributed by atoms with Gasteiger partial charge in [0.15, 0.2) is 6.10 Å². The Hall–Kier alpha value is -2.44. The number of amides is 1. The molecule has 0 saturated carbocycles. The van der Waals surface area contributed by atoms with Gasteiger partial charge in [0.25, 0.3) is 5.91 Å². The number of nitrogens with one attached hydrogen (secondary N) is 1. The van der Waals surface area contributed by atoms with E-state index in [0.717, 1.165) is 5.56 Å². The highest BCUT2D eigenvalue weighted by molar-refractivity contribution is 5.82. The maximum absolute atomic E-state index is 13.8. The lowest BCUT2D eigenvalue weighted by Crippen LogP contribution is -2.29. The van der Waals surface area contributed by atoms with Gasteiger partial charge in [-0.05, 0) is 49.5 Å². The van der Waals surface area contributed by atoms with Crippen LogP contribution in [0.3, 0.4) is 0 Å². The van der Waals surface area contributed by atoms with Crippen LogP contribution in [0.5, 0.6) is 5.75 Å². The van der Waals surface area contributed by atoms with Gasteiger partial charge in [-0.15, -0.1) is 0 Å². The molecule has 2 rings (SSSR count). The van der Waals surface area contributed by atoms with Gasteiger partial charge in [0.05, 0.1) is 7.11 Å². The van der Waals surface area contributed by atoms with E-state index in [1.54, 1.807) is 36.4 Å². The number of aliphatic hydroxyl groups excluding tert-OH is 1. The maximum Gasteiger partial charge on any atom is 0.253 e. The molecule has 6 heteroatoms. The molecule has 25 heavy (non-hydrogen) atoms. The van der Waals surface area contributed by atoms with Gasteiger partial charge >= 0.3 is 0 Å². The first-order valence-corrected chi connectivity index (χ1v) is 7.92. The molecule has 0 saturated heterocycles. The Kier molecular flexibility index (Phi) is 6.50. The van der Waals surface area contributed by atoms with Crippen molar-refractivity contribution in [1.82, 2.24) is 10.2 Å². The molecule has 5 nitrogen and oxygen atoms in total. The van der Waals surface area contributed by atoms with Crippen LogP contribution in [0.15, 0.2) is 42.5 Å². The third-order valence-corrected chi connectivity index (χ3v) is 3.72. The number of aliphatic hydroxyl groups is 1. The van der Waals surface area contributed by atoms with Crippen molar-refractivity contribution in [3.05, 3.63) is 65.0 Å². The topological polar surface area (TPSA) is 61.8 Å². The molecule has 2 aromatic carbocycles. The van der Waals surface area contributed by atoms with Crippen molar-refractivity contribution >= 4 is 5.91 Å². The van der Waals surface area contributed by atoms with Crippen molar-refractivity contribution in [2.45, 2.75) is 19.2 Å². The summed E-state index contributed by atoms with van der Waals surface area (Å²) in [5.41, 5.74) is 1.78. The molecule has 0 aromatic heterocycles. The molecule has 1 unspecified atom stereocenters. The van der Waals surface area contributed by atoms with Gasteiger partial charge in [-0.3, -0.25) is 4.79 Å². The highest BCUT2D eigenvalue weighted by atomic mass is 19.1. The largest absolute Gasteiger partial charge is 0.497 e. The fourth-order valence-electron chi connectivity index (χ4n) is 2.45. The maximum atomic E-state index is 13.8. The number of methoxy groups -OCH3 is 1. The standard InChI is InChI=1S/C19H23FN2O3/c1-22(2)12-15-9-13(7-8-17(15)20)11-21-19(24)18(23)14-5-4-6-16(10-14)25-3/h4-10,18,23H,11-12H2,1-3H3,(H,21,24). The zero-order chi connectivity index (χ0) is 18.4. The van der Waals surface area contributed by atoms with Gasteiger partial charge < -0.3 is 20.1 Å². The smallest absolute Gasteiger partial charge is 0.253 e. The third-order valence-electron chi connectivity index (χ3n) is 3.72. The lowest BCUT2D eigenvalue weighted by molar-refractivity contribution is -0.129. The van der Waals surface area contributed by atoms with E-state index in [4.69, 9.17) is 4.74 Å². The van der Waals surface area contributed by atoms with E-state index < -0.39 is 12.0 Å². The van der Waals surface area contributed by atoms with Crippen molar-refractivity contribution in [1.29, 1.82) is 0 Å². The molecular weight excluding hydrogens is 323 g/mol. The van der Waals surface area contributed by atoms with E-state index in [-0.39, 0.29) is 12.4 Å². The molecule has 0 fully saturated rings. The Morgan fingerprint density at radius 3 is 2.72 bits per heavy atom. The molecule has 2 N–H and O–H groups in total. The molecule has 0 bridgehead atoms. The second-order valence-electron chi connectivity index (χ2n) is 6.06. The number of carbonyl (C=O) groups excluding carboxylic acids is 1. The van der Waals surface area contributed by atoms with Crippen LogP contribution in [0.1, 0.15) is 22.8 Å². The molecule has 1 atom stereocenters. The van der Waals surface area contributed by atoms with E-state index in [1.165, 1.54) is 13.2 Å². The van der Waals surface area contributed by atoms with Gasteiger partial charge in [0, 0.05) is 18.7 Å². The lowest BCUT2D eigenvalue weighted by atomic mass is 10.1. The SMILES string of the molecule is COc1cccc(C(O)C(=O)NCc2ccc(F)c(CN(C)C)c2)c1. The first kappa shape index (κ1) is 18.9. The van der Waals surface area contributed by atoms with Crippen LogP contribution in [0.4, 0.5) is 4.39 Å². The highest BCUT2D eigenvalue weighted by Gasteiger charge is 2.17. The Morgan fingerprint density at radius 2 is 2.04 bits per heavy atom. The number of nitrogens with zero attached hydrogens (tertiary/aromatic N) is 1. The highest BCUT2D eigenvalue weighted by Crippen LogP contribution is 2.19. The molecular formula is C19H23FN2O3. The zero-order valence-electron chi connectivity index (χ0n) is 14.6. The fourth-order valence-corrected chi connectivity index (χ4v) is 2.45. The second kappa shape index (κ2) is 8.60. The van der Waals surface area contributed by atoms with E-state index in [9.17, 15) is 14.3 Å². The normalized spacial score (nSPS) is 12.1. The molecule has 2 aromatic rings. The quantitative estimate of drug-likeness (QED) is 0.807. The summed E-state index contributed by atoms with van der Waals surface area (Å²) in [5, 5.41) is 12.8. The van der Waals surface area contributed by atoms with E-state index in [1.807, 2.05) is 19.0 Å². The lowest BCUT2D eigenvalue weighted by Gasteiger charge is -2.14. The number of benzene rings is 2. The van der Waals surface area contributed by atoms with Crippen LogP contribution < -0.4 is 10.1 Å². The summed E-state index contributed by atoms with van der Waals surface area (Å²) in [6, 6.07) is 11.4. The Bertz CT molecular complexity index is 734. The van der Waals surface area contributed by atoms with Crippen molar-refractivity contribution in [2.75, 3.05) is 21.2 Å². The summed E-state index contributed by atoms with van der Waals surface area (Å²) >= 11 is 0. The van der Waals surface area contributed by atoms with Crippen molar-refractivity contribution in [2.24, 2.45) is 0 Å². The van der Waals surface area contributed by atoms with E-state index >= 15 is 0 Å². The van der Waals surface area contributed by atoms with Crippen molar-refractivity contribution < 1.29 is 19.0 Å². The van der Waals surface area contributed by atoms with Crippen molar-refractivity contribution in [3.8, 4) is 5.75 Å². The number of halogens is 1. The van der Waals surface area contributed by atoms with E-state index in [0.29, 0.717) is 23.4 Å². The number of carbonyl (C=O) groups is 1. The summed E-state index contributed by atoms with van der Waals surface area (Å²) in [6.45, 7) is 0.681. The van der Waals surface area contributed by atoms with Gasteiger partial charge in [-0.1, -0.05) is 18.2 Å². The number of ether oxygens (including phenoxy) is 1. The van der Waals surface area contributed by atoms with Crippen LogP contribution in [0.2, 0.25) is 0 Å². The average molecular weight is 346 g/mol. The Balaban J connectivity index is 2.01. The van der Waals surface area contributed by atoms with Crippen molar-refractivity contribution in [3.63, 3.8) is 0 Å². The van der Waals surface area contributed by atoms with Gasteiger partial charge in [0.2, 0.25) is 0 Å². The minimum atomic E-state index is -1.29. The predicted molar refractivity (Wildman–Crippen MR) is 93.6 cm³/mol. The minimum Gasteiger partial charge on any atom is -0.497 e.